The van der Waals surface area contributed by atoms with Crippen LogP contribution in [0.5, 0.6) is 0 Å². The van der Waals surface area contributed by atoms with Crippen LogP contribution in [0.3, 0.4) is 0 Å². The van der Waals surface area contributed by atoms with Gasteiger partial charge in [0.2, 0.25) is 0 Å². The minimum atomic E-state index is -2.33. The Morgan fingerprint density at radius 2 is 1.84 bits per heavy atom. The van der Waals surface area contributed by atoms with Gasteiger partial charge in [0.05, 0.1) is 24.5 Å². The number of hydrogen-bond acceptors (Lipinski definition) is 5. The van der Waals surface area contributed by atoms with Crippen LogP contribution >= 0.6 is 0 Å². The Bertz CT molecular complexity index is 744. The van der Waals surface area contributed by atoms with E-state index in [1.165, 1.54) is 5.57 Å². The number of fused-ring (bicyclic) bond motifs is 5. The van der Waals surface area contributed by atoms with E-state index in [0.29, 0.717) is 30.6 Å². The van der Waals surface area contributed by atoms with Crippen molar-refractivity contribution in [1.82, 2.24) is 5.32 Å². The van der Waals surface area contributed by atoms with Crippen LogP contribution in [0.15, 0.2) is 16.8 Å². The van der Waals surface area contributed by atoms with Gasteiger partial charge in [0.25, 0.3) is 6.43 Å². The van der Waals surface area contributed by atoms with Crippen LogP contribution < -0.4 is 5.32 Å². The minimum Gasteiger partial charge on any atom is -0.399 e. The van der Waals surface area contributed by atoms with E-state index in [0.717, 1.165) is 31.4 Å². The Morgan fingerprint density at radius 1 is 1.13 bits per heavy atom. The fraction of sp³-hybridized carbons (Fsp3) is 0.875. The minimum absolute atomic E-state index is 0.0480. The van der Waals surface area contributed by atoms with Crippen LogP contribution in [0.2, 0.25) is 0 Å². The smallest absolute Gasteiger partial charge is 0.250 e. The predicted octanol–water partition coefficient (Wildman–Crippen LogP) is 3.75. The molecule has 9 atom stereocenters. The molecule has 3 saturated carbocycles. The number of oxime groups is 1. The van der Waals surface area contributed by atoms with Gasteiger partial charge in [-0.15, -0.1) is 0 Å². The number of nitrogens with one attached hydrogen (secondary N) is 1. The number of alkyl halides is 2. The quantitative estimate of drug-likeness (QED) is 0.569. The summed E-state index contributed by atoms with van der Waals surface area (Å²) in [6.45, 7) is 6.38. The molecule has 4 aliphatic carbocycles. The number of halogens is 2. The normalized spacial score (nSPS) is 46.9. The lowest BCUT2D eigenvalue weighted by molar-refractivity contribution is -0.0893. The number of hydrogen-bond donors (Lipinski definition) is 3. The van der Waals surface area contributed by atoms with E-state index in [2.05, 4.69) is 37.3 Å². The van der Waals surface area contributed by atoms with Crippen molar-refractivity contribution in [3.05, 3.63) is 11.6 Å². The van der Waals surface area contributed by atoms with Crippen molar-refractivity contribution in [3.63, 3.8) is 0 Å². The molecule has 4 aliphatic rings. The summed E-state index contributed by atoms with van der Waals surface area (Å²) in [6.07, 6.45) is 3.65. The maximum atomic E-state index is 12.8. The zero-order valence-electron chi connectivity index (χ0n) is 19.2. The van der Waals surface area contributed by atoms with Crippen molar-refractivity contribution < 1.29 is 23.8 Å². The van der Waals surface area contributed by atoms with Crippen molar-refractivity contribution in [2.24, 2.45) is 39.7 Å². The molecule has 0 spiro atoms. The maximum Gasteiger partial charge on any atom is 0.250 e. The van der Waals surface area contributed by atoms with E-state index in [1.54, 1.807) is 7.11 Å². The second-order valence-electron chi connectivity index (χ2n) is 10.9. The topological polar surface area (TPSA) is 74.1 Å². The van der Waals surface area contributed by atoms with Crippen molar-refractivity contribution >= 4 is 5.71 Å². The van der Waals surface area contributed by atoms with Gasteiger partial charge < -0.3 is 20.4 Å². The molecule has 0 aliphatic heterocycles. The van der Waals surface area contributed by atoms with Gasteiger partial charge in [-0.2, -0.15) is 0 Å². The van der Waals surface area contributed by atoms with Crippen LogP contribution in [0.25, 0.3) is 0 Å². The Hall–Kier alpha value is -1.05. The van der Waals surface area contributed by atoms with Gasteiger partial charge in [-0.1, -0.05) is 24.6 Å². The molecule has 9 unspecified atom stereocenters. The summed E-state index contributed by atoms with van der Waals surface area (Å²) in [5.74, 6) is 1.14. The van der Waals surface area contributed by atoms with E-state index in [9.17, 15) is 19.0 Å². The summed E-state index contributed by atoms with van der Waals surface area (Å²) in [5, 5.41) is 28.3. The third-order valence-corrected chi connectivity index (χ3v) is 9.41. The summed E-state index contributed by atoms with van der Waals surface area (Å²) in [5.41, 5.74) is 2.17. The molecule has 0 aromatic rings. The molecular formula is C24H38F2N2O3. The van der Waals surface area contributed by atoms with Crippen molar-refractivity contribution in [2.45, 2.75) is 84.0 Å². The zero-order chi connectivity index (χ0) is 22.6. The second-order valence-corrected chi connectivity index (χ2v) is 10.9. The Kier molecular flexibility index (Phi) is 6.25. The molecule has 3 fully saturated rings. The van der Waals surface area contributed by atoms with Crippen molar-refractivity contribution in [1.29, 1.82) is 0 Å². The highest BCUT2D eigenvalue weighted by molar-refractivity contribution is 5.99. The molecule has 0 bridgehead atoms. The van der Waals surface area contributed by atoms with Crippen molar-refractivity contribution in [2.75, 3.05) is 13.7 Å². The molecule has 0 radical (unpaired) electrons. The molecule has 0 aromatic carbocycles. The maximum absolute atomic E-state index is 12.8. The first-order valence-electron chi connectivity index (χ1n) is 11.8. The number of nitrogens with zero attached hydrogens (tertiary/aromatic N) is 1. The third-order valence-electron chi connectivity index (χ3n) is 9.41. The number of aliphatic hydroxyl groups is 2. The van der Waals surface area contributed by atoms with Crippen LogP contribution in [0.4, 0.5) is 8.78 Å². The van der Waals surface area contributed by atoms with Gasteiger partial charge in [-0.05, 0) is 80.1 Å². The van der Waals surface area contributed by atoms with Gasteiger partial charge in [0, 0.05) is 12.0 Å². The van der Waals surface area contributed by atoms with E-state index >= 15 is 0 Å². The summed E-state index contributed by atoms with van der Waals surface area (Å²) < 4.78 is 25.5. The number of allylic oxidation sites excluding steroid dienone is 2. The first-order chi connectivity index (χ1) is 14.6. The molecule has 176 valence electrons. The predicted molar refractivity (Wildman–Crippen MR) is 116 cm³/mol. The summed E-state index contributed by atoms with van der Waals surface area (Å²) >= 11 is 0. The lowest BCUT2D eigenvalue weighted by Gasteiger charge is -2.58. The van der Waals surface area contributed by atoms with Crippen molar-refractivity contribution in [3.8, 4) is 0 Å². The largest absolute Gasteiger partial charge is 0.399 e. The van der Waals surface area contributed by atoms with E-state index < -0.39 is 18.6 Å². The average molecular weight is 441 g/mol. The standard InChI is InChI=1S/C24H38F2N2O3/c1-13(27-12-22(25)26)15-5-6-16-14-9-19(28-31-4)18-10-20(29)21(30)11-24(18,3)17(14)7-8-23(15,16)2/h9,13,15-18,20-22,27,29-30H,5-8,10-12H2,1-4H3/b28-19+. The van der Waals surface area contributed by atoms with Gasteiger partial charge in [-0.25, -0.2) is 8.78 Å². The first-order valence-corrected chi connectivity index (χ1v) is 11.8. The summed E-state index contributed by atoms with van der Waals surface area (Å²) in [7, 11) is 1.55. The lowest BCUT2D eigenvalue weighted by atomic mass is 9.47. The van der Waals surface area contributed by atoms with Crippen LogP contribution in [-0.2, 0) is 4.84 Å². The summed E-state index contributed by atoms with van der Waals surface area (Å²) in [4.78, 5) is 5.19. The second kappa shape index (κ2) is 8.38. The SMILES string of the molecule is CO/N=C1\C=C2C(CCC3(C)C2CCC3C(C)NCC(F)F)C2(C)CC(O)C(O)CC12. The van der Waals surface area contributed by atoms with Gasteiger partial charge >= 0.3 is 0 Å². The molecule has 0 aromatic heterocycles. The van der Waals surface area contributed by atoms with Gasteiger partial charge in [-0.3, -0.25) is 0 Å². The highest BCUT2D eigenvalue weighted by Gasteiger charge is 2.60. The van der Waals surface area contributed by atoms with Gasteiger partial charge in [0.1, 0.15) is 7.11 Å². The molecule has 0 saturated heterocycles. The average Bonchev–Trinajstić information content (AvgIpc) is 3.05. The highest BCUT2D eigenvalue weighted by Crippen LogP contribution is 2.65. The number of rotatable bonds is 5. The fourth-order valence-electron chi connectivity index (χ4n) is 7.89. The molecular weight excluding hydrogens is 402 g/mol. The molecule has 31 heavy (non-hydrogen) atoms. The Labute approximate surface area is 184 Å². The number of aliphatic hydroxyl groups excluding tert-OH is 2. The first kappa shape index (κ1) is 23.1. The van der Waals surface area contributed by atoms with Crippen LogP contribution in [0.1, 0.15) is 59.3 Å². The molecule has 0 amide bonds. The Balaban J connectivity index is 1.66. The summed E-state index contributed by atoms with van der Waals surface area (Å²) in [6, 6.07) is 0.0480. The zero-order valence-corrected chi connectivity index (χ0v) is 19.2. The molecule has 3 N–H and O–H groups in total. The monoisotopic (exact) mass is 440 g/mol. The highest BCUT2D eigenvalue weighted by atomic mass is 19.3. The van der Waals surface area contributed by atoms with Gasteiger partial charge in [0.15, 0.2) is 0 Å². The Morgan fingerprint density at radius 3 is 2.52 bits per heavy atom. The van der Waals surface area contributed by atoms with Crippen LogP contribution in [-0.4, -0.2) is 54.3 Å². The third kappa shape index (κ3) is 3.74. The van der Waals surface area contributed by atoms with E-state index in [-0.39, 0.29) is 29.3 Å². The molecule has 4 rings (SSSR count). The van der Waals surface area contributed by atoms with E-state index in [1.807, 2.05) is 0 Å². The molecule has 7 heteroatoms. The van der Waals surface area contributed by atoms with Crippen LogP contribution in [0, 0.1) is 34.5 Å². The molecule has 0 heterocycles. The fourth-order valence-corrected chi connectivity index (χ4v) is 7.89. The molecule has 5 nitrogen and oxygen atoms in total. The van der Waals surface area contributed by atoms with E-state index in [4.69, 9.17) is 4.84 Å². The lowest BCUT2D eigenvalue weighted by Crippen LogP contribution is -2.56.